The molecule has 2 aliphatic heterocycles. The molecule has 0 spiro atoms. The van der Waals surface area contributed by atoms with Gasteiger partial charge < -0.3 is 19.6 Å². The molecular formula is C36H41ClN2O4. The van der Waals surface area contributed by atoms with E-state index in [0.29, 0.717) is 26.2 Å². The number of rotatable bonds is 10. The Balaban J connectivity index is 1.45. The van der Waals surface area contributed by atoms with Crippen molar-refractivity contribution < 1.29 is 19.4 Å². The van der Waals surface area contributed by atoms with Crippen LogP contribution < -0.4 is 9.80 Å². The van der Waals surface area contributed by atoms with Gasteiger partial charge in [-0.05, 0) is 59.7 Å². The number of carboxylic acid groups (broad SMARTS) is 1. The summed E-state index contributed by atoms with van der Waals surface area (Å²) in [6.07, 6.45) is 11.6. The third-order valence-corrected chi connectivity index (χ3v) is 9.71. The lowest BCUT2D eigenvalue weighted by molar-refractivity contribution is -0.136. The largest absolute Gasteiger partial charge is 0.481 e. The number of aliphatic carboxylic acids is 1. The maximum absolute atomic E-state index is 11.5. The fraction of sp³-hybridized carbons (Fsp3) is 0.389. The number of allylic oxidation sites excluding steroid dienone is 7. The summed E-state index contributed by atoms with van der Waals surface area (Å²) in [5.74, 6) is -0.807. The number of hydrogen-bond donors (Lipinski definition) is 1. The van der Waals surface area contributed by atoms with Crippen LogP contribution in [0.3, 0.4) is 0 Å². The number of ether oxygens (including phenoxy) is 1. The van der Waals surface area contributed by atoms with Crippen LogP contribution in [0.5, 0.6) is 0 Å². The molecule has 0 saturated carbocycles. The first-order valence-corrected chi connectivity index (χ1v) is 15.4. The van der Waals surface area contributed by atoms with Gasteiger partial charge in [0.25, 0.3) is 6.47 Å². The van der Waals surface area contributed by atoms with Crippen LogP contribution in [0.15, 0.2) is 94.7 Å². The molecule has 0 saturated heterocycles. The summed E-state index contributed by atoms with van der Waals surface area (Å²) >= 11 is 7.08. The third kappa shape index (κ3) is 5.90. The second-order valence-electron chi connectivity index (χ2n) is 12.6. The summed E-state index contributed by atoms with van der Waals surface area (Å²) in [5.41, 5.74) is 7.59. The van der Waals surface area contributed by atoms with E-state index in [2.05, 4.69) is 92.1 Å². The zero-order valence-electron chi connectivity index (χ0n) is 25.5. The second-order valence-corrected chi connectivity index (χ2v) is 13.0. The molecule has 0 fully saturated rings. The topological polar surface area (TPSA) is 70.1 Å². The predicted molar refractivity (Wildman–Crippen MR) is 174 cm³/mol. The minimum absolute atomic E-state index is 0.0631. The van der Waals surface area contributed by atoms with E-state index in [9.17, 15) is 14.7 Å². The molecule has 2 heterocycles. The Morgan fingerprint density at radius 3 is 2.42 bits per heavy atom. The highest BCUT2D eigenvalue weighted by molar-refractivity contribution is 6.32. The third-order valence-electron chi connectivity index (χ3n) is 9.23. The molecule has 0 aromatic heterocycles. The van der Waals surface area contributed by atoms with Gasteiger partial charge >= 0.3 is 5.97 Å². The molecule has 0 radical (unpaired) electrons. The van der Waals surface area contributed by atoms with Gasteiger partial charge in [-0.15, -0.1) is 0 Å². The van der Waals surface area contributed by atoms with Gasteiger partial charge in [0.2, 0.25) is 0 Å². The number of carbonyl (C=O) groups excluding carboxylic acids is 1. The van der Waals surface area contributed by atoms with E-state index >= 15 is 0 Å². The maximum Gasteiger partial charge on any atom is 0.305 e. The minimum atomic E-state index is -0.807. The van der Waals surface area contributed by atoms with Crippen molar-refractivity contribution in [1.29, 1.82) is 0 Å². The predicted octanol–water partition coefficient (Wildman–Crippen LogP) is 7.64. The van der Waals surface area contributed by atoms with E-state index in [1.807, 2.05) is 18.2 Å². The van der Waals surface area contributed by atoms with E-state index in [1.54, 1.807) is 0 Å². The van der Waals surface area contributed by atoms with E-state index in [0.717, 1.165) is 46.8 Å². The molecule has 1 N–H and O–H groups in total. The van der Waals surface area contributed by atoms with Gasteiger partial charge in [0.1, 0.15) is 6.61 Å². The zero-order chi connectivity index (χ0) is 30.8. The molecule has 7 heteroatoms. The molecule has 43 heavy (non-hydrogen) atoms. The Bertz CT molecular complexity index is 1520. The molecule has 5 rings (SSSR count). The Hall–Kier alpha value is -3.77. The Labute approximate surface area is 260 Å². The monoisotopic (exact) mass is 600 g/mol. The van der Waals surface area contributed by atoms with Crippen molar-refractivity contribution >= 4 is 35.4 Å². The van der Waals surface area contributed by atoms with Crippen molar-refractivity contribution in [2.24, 2.45) is 0 Å². The van der Waals surface area contributed by atoms with Crippen LogP contribution in [0.4, 0.5) is 11.4 Å². The fourth-order valence-electron chi connectivity index (χ4n) is 6.96. The number of carboxylic acids is 1. The first-order chi connectivity index (χ1) is 20.6. The first kappa shape index (κ1) is 30.7. The zero-order valence-corrected chi connectivity index (χ0v) is 26.2. The minimum Gasteiger partial charge on any atom is -0.481 e. The van der Waals surface area contributed by atoms with Crippen molar-refractivity contribution in [3.8, 4) is 0 Å². The number of benzene rings is 2. The van der Waals surface area contributed by atoms with E-state index in [4.69, 9.17) is 16.3 Å². The van der Waals surface area contributed by atoms with Gasteiger partial charge in [0, 0.05) is 39.5 Å². The first-order valence-electron chi connectivity index (χ1n) is 15.1. The van der Waals surface area contributed by atoms with Crippen LogP contribution in [0.25, 0.3) is 0 Å². The Kier molecular flexibility index (Phi) is 8.89. The molecule has 1 unspecified atom stereocenters. The highest BCUT2D eigenvalue weighted by Crippen LogP contribution is 2.48. The summed E-state index contributed by atoms with van der Waals surface area (Å²) in [5, 5.41) is 10.2. The van der Waals surface area contributed by atoms with Gasteiger partial charge in [0.05, 0.1) is 19.0 Å². The molecule has 0 amide bonds. The summed E-state index contributed by atoms with van der Waals surface area (Å²) in [4.78, 5) is 26.7. The van der Waals surface area contributed by atoms with Gasteiger partial charge in [-0.3, -0.25) is 9.59 Å². The maximum atomic E-state index is 11.5. The van der Waals surface area contributed by atoms with Crippen molar-refractivity contribution in [2.75, 3.05) is 29.5 Å². The molecule has 2 aromatic carbocycles. The van der Waals surface area contributed by atoms with Crippen LogP contribution in [0.2, 0.25) is 0 Å². The molecule has 1 aliphatic carbocycles. The molecule has 0 bridgehead atoms. The smallest absolute Gasteiger partial charge is 0.305 e. The Morgan fingerprint density at radius 1 is 1.00 bits per heavy atom. The van der Waals surface area contributed by atoms with Crippen molar-refractivity contribution in [1.82, 2.24) is 0 Å². The molecular weight excluding hydrogens is 560 g/mol. The fourth-order valence-corrected chi connectivity index (χ4v) is 7.27. The second kappa shape index (κ2) is 12.5. The standard InChI is InChI=1S/C36H41ClN2O4/c1-35(2)27-12-5-7-14-29(27)38(21-20-33(41)42)31(35)18-16-25-10-9-11-26(34(25)37)17-19-32-36(3,4)28-13-6-8-15-30(28)39(32)22-23-43-24-40/h5-8,12-19,24,32H,9-11,20-23H2,1-4H3,(H,41,42). The summed E-state index contributed by atoms with van der Waals surface area (Å²) in [6.45, 7) is 10.7. The summed E-state index contributed by atoms with van der Waals surface area (Å²) in [7, 11) is 0. The molecule has 3 aliphatic rings. The lowest BCUT2D eigenvalue weighted by Crippen LogP contribution is -2.41. The van der Waals surface area contributed by atoms with Crippen LogP contribution in [-0.4, -0.2) is 43.3 Å². The van der Waals surface area contributed by atoms with Gasteiger partial charge in [-0.1, -0.05) is 93.9 Å². The van der Waals surface area contributed by atoms with Crippen molar-refractivity contribution in [3.63, 3.8) is 0 Å². The average molecular weight is 601 g/mol. The van der Waals surface area contributed by atoms with Gasteiger partial charge in [-0.25, -0.2) is 0 Å². The van der Waals surface area contributed by atoms with E-state index in [1.165, 1.54) is 16.8 Å². The van der Waals surface area contributed by atoms with Crippen molar-refractivity contribution in [2.45, 2.75) is 70.3 Å². The highest BCUT2D eigenvalue weighted by atomic mass is 35.5. The quantitative estimate of drug-likeness (QED) is 0.223. The number of halogens is 1. The molecule has 6 nitrogen and oxygen atoms in total. The number of anilines is 2. The van der Waals surface area contributed by atoms with Crippen LogP contribution >= 0.6 is 11.6 Å². The summed E-state index contributed by atoms with van der Waals surface area (Å²) in [6, 6.07) is 16.8. The number of fused-ring (bicyclic) bond motifs is 2. The van der Waals surface area contributed by atoms with Crippen LogP contribution in [0.1, 0.15) is 64.5 Å². The number of carbonyl (C=O) groups is 2. The normalized spacial score (nSPS) is 22.4. The SMILES string of the molecule is CC1(C)C(=CC=C2CCCC(C=CC3N(CCOC=O)c4ccccc4C3(C)C)=C2Cl)N(CCC(=O)O)c2ccccc21. The average Bonchev–Trinajstić information content (AvgIpc) is 3.33. The molecule has 226 valence electrons. The number of hydrogen-bond acceptors (Lipinski definition) is 5. The lowest BCUT2D eigenvalue weighted by atomic mass is 9.80. The molecule has 1 atom stereocenters. The summed E-state index contributed by atoms with van der Waals surface area (Å²) < 4.78 is 5.07. The van der Waals surface area contributed by atoms with E-state index in [-0.39, 0.29) is 23.3 Å². The number of para-hydroxylation sites is 2. The van der Waals surface area contributed by atoms with Gasteiger partial charge in [-0.2, -0.15) is 0 Å². The lowest BCUT2D eigenvalue weighted by Gasteiger charge is -2.32. The Morgan fingerprint density at radius 2 is 1.70 bits per heavy atom. The van der Waals surface area contributed by atoms with Crippen molar-refractivity contribution in [3.05, 3.63) is 106 Å². The number of nitrogens with zero attached hydrogens (tertiary/aromatic N) is 2. The molecule has 2 aromatic rings. The van der Waals surface area contributed by atoms with Crippen LogP contribution in [0, 0.1) is 0 Å². The van der Waals surface area contributed by atoms with Gasteiger partial charge in [0.15, 0.2) is 0 Å². The van der Waals surface area contributed by atoms with Crippen LogP contribution in [-0.2, 0) is 25.2 Å². The highest BCUT2D eigenvalue weighted by Gasteiger charge is 2.43. The van der Waals surface area contributed by atoms with E-state index < -0.39 is 5.97 Å².